The Morgan fingerprint density at radius 3 is 2.43 bits per heavy atom. The van der Waals surface area contributed by atoms with Gasteiger partial charge in [0.05, 0.1) is 6.42 Å². The fourth-order valence-corrected chi connectivity index (χ4v) is 0.717. The van der Waals surface area contributed by atoms with Gasteiger partial charge in [-0.25, -0.2) is 4.79 Å². The van der Waals surface area contributed by atoms with E-state index < -0.39 is 17.9 Å². The average Bonchev–Trinajstić information content (AvgIpc) is 2.01. The summed E-state index contributed by atoms with van der Waals surface area (Å²) in [6.07, 6.45) is -0.157. The van der Waals surface area contributed by atoms with E-state index in [1.165, 1.54) is 7.05 Å². The van der Waals surface area contributed by atoms with E-state index >= 15 is 0 Å². The molecule has 0 aliphatic rings. The second-order valence-electron chi connectivity index (χ2n) is 2.70. The maximum absolute atomic E-state index is 11.1. The zero-order valence-corrected chi connectivity index (χ0v) is 7.82. The lowest BCUT2D eigenvalue weighted by Gasteiger charge is -2.15. The molecule has 0 spiro atoms. The SMILES string of the molecule is CN(CC(N)=O)C(=O)NCCC(=O)O. The number of nitrogens with two attached hydrogens (primary N) is 1. The van der Waals surface area contributed by atoms with E-state index in [9.17, 15) is 14.4 Å². The van der Waals surface area contributed by atoms with Gasteiger partial charge in [-0.2, -0.15) is 0 Å². The van der Waals surface area contributed by atoms with Crippen LogP contribution < -0.4 is 11.1 Å². The van der Waals surface area contributed by atoms with Gasteiger partial charge in [-0.1, -0.05) is 0 Å². The molecule has 0 aromatic heterocycles. The third-order valence-corrected chi connectivity index (χ3v) is 1.35. The second kappa shape index (κ2) is 5.79. The van der Waals surface area contributed by atoms with Crippen molar-refractivity contribution in [3.63, 3.8) is 0 Å². The van der Waals surface area contributed by atoms with Crippen molar-refractivity contribution >= 4 is 17.9 Å². The van der Waals surface area contributed by atoms with E-state index in [1.54, 1.807) is 0 Å². The molecule has 80 valence electrons. The van der Waals surface area contributed by atoms with Crippen molar-refractivity contribution in [3.05, 3.63) is 0 Å². The number of hydrogen-bond acceptors (Lipinski definition) is 3. The number of hydrogen-bond donors (Lipinski definition) is 3. The first kappa shape index (κ1) is 12.2. The molecule has 3 amide bonds. The van der Waals surface area contributed by atoms with Crippen molar-refractivity contribution < 1.29 is 19.5 Å². The largest absolute Gasteiger partial charge is 0.481 e. The molecular formula is C7H13N3O4. The number of urea groups is 1. The van der Waals surface area contributed by atoms with Gasteiger partial charge >= 0.3 is 12.0 Å². The Morgan fingerprint density at radius 2 is 2.00 bits per heavy atom. The quantitative estimate of drug-likeness (QED) is 0.509. The van der Waals surface area contributed by atoms with Crippen molar-refractivity contribution in [2.45, 2.75) is 6.42 Å². The van der Waals surface area contributed by atoms with Crippen LogP contribution in [0, 0.1) is 0 Å². The molecule has 0 aromatic rings. The first-order chi connectivity index (χ1) is 6.43. The Hall–Kier alpha value is -1.79. The van der Waals surface area contributed by atoms with Gasteiger partial charge in [0.2, 0.25) is 5.91 Å². The summed E-state index contributed by atoms with van der Waals surface area (Å²) < 4.78 is 0. The fraction of sp³-hybridized carbons (Fsp3) is 0.571. The number of carbonyl (C=O) groups is 3. The van der Waals surface area contributed by atoms with Crippen LogP contribution in [0.1, 0.15) is 6.42 Å². The lowest BCUT2D eigenvalue weighted by molar-refractivity contribution is -0.136. The van der Waals surface area contributed by atoms with E-state index in [0.29, 0.717) is 0 Å². The van der Waals surface area contributed by atoms with E-state index in [2.05, 4.69) is 5.32 Å². The third-order valence-electron chi connectivity index (χ3n) is 1.35. The van der Waals surface area contributed by atoms with Gasteiger partial charge in [0.25, 0.3) is 0 Å². The monoisotopic (exact) mass is 203 g/mol. The number of amides is 3. The lowest BCUT2D eigenvalue weighted by Crippen LogP contribution is -2.42. The highest BCUT2D eigenvalue weighted by atomic mass is 16.4. The number of rotatable bonds is 5. The topological polar surface area (TPSA) is 113 Å². The maximum Gasteiger partial charge on any atom is 0.317 e. The summed E-state index contributed by atoms with van der Waals surface area (Å²) >= 11 is 0. The van der Waals surface area contributed by atoms with Gasteiger partial charge in [0, 0.05) is 13.6 Å². The van der Waals surface area contributed by atoms with Crippen LogP contribution in [0.5, 0.6) is 0 Å². The number of carboxylic acid groups (broad SMARTS) is 1. The highest BCUT2D eigenvalue weighted by Gasteiger charge is 2.10. The van der Waals surface area contributed by atoms with Crippen molar-refractivity contribution in [2.75, 3.05) is 20.1 Å². The summed E-state index contributed by atoms with van der Waals surface area (Å²) in [6.45, 7) is -0.170. The number of aliphatic carboxylic acids is 1. The van der Waals surface area contributed by atoms with E-state index in [1.807, 2.05) is 0 Å². The molecule has 0 radical (unpaired) electrons. The highest BCUT2D eigenvalue weighted by Crippen LogP contribution is 1.84. The predicted octanol–water partition coefficient (Wildman–Crippen LogP) is -1.41. The number of nitrogens with one attached hydrogen (secondary N) is 1. The molecule has 0 aliphatic carbocycles. The first-order valence-electron chi connectivity index (χ1n) is 3.92. The van der Waals surface area contributed by atoms with Gasteiger partial charge in [0.15, 0.2) is 0 Å². The number of carboxylic acids is 1. The van der Waals surface area contributed by atoms with Gasteiger partial charge in [-0.05, 0) is 0 Å². The summed E-state index contributed by atoms with van der Waals surface area (Å²) in [4.78, 5) is 32.6. The zero-order chi connectivity index (χ0) is 11.1. The molecule has 0 heterocycles. The maximum atomic E-state index is 11.1. The normalized spacial score (nSPS) is 9.21. The standard InChI is InChI=1S/C7H13N3O4/c1-10(4-5(8)11)7(14)9-3-2-6(12)13/h2-4H2,1H3,(H2,8,11)(H,9,14)(H,12,13). The Morgan fingerprint density at radius 1 is 1.43 bits per heavy atom. The lowest BCUT2D eigenvalue weighted by atomic mass is 10.4. The minimum absolute atomic E-state index is 0.0251. The first-order valence-corrected chi connectivity index (χ1v) is 3.92. The summed E-state index contributed by atoms with van der Waals surface area (Å²) in [5.41, 5.74) is 4.85. The molecule has 0 aliphatic heterocycles. The summed E-state index contributed by atoms with van der Waals surface area (Å²) in [5.74, 6) is -1.62. The van der Waals surface area contributed by atoms with Crippen LogP contribution in [0.2, 0.25) is 0 Å². The van der Waals surface area contributed by atoms with Crippen LogP contribution >= 0.6 is 0 Å². The molecule has 0 bridgehead atoms. The van der Waals surface area contributed by atoms with Gasteiger partial charge in [-0.3, -0.25) is 9.59 Å². The molecule has 0 aromatic carbocycles. The van der Waals surface area contributed by atoms with Crippen molar-refractivity contribution in [1.82, 2.24) is 10.2 Å². The highest BCUT2D eigenvalue weighted by molar-refractivity contribution is 5.82. The molecule has 4 N–H and O–H groups in total. The van der Waals surface area contributed by atoms with Crippen LogP contribution in [0.25, 0.3) is 0 Å². The van der Waals surface area contributed by atoms with E-state index in [-0.39, 0.29) is 19.5 Å². The number of likely N-dealkylation sites (N-methyl/N-ethyl adjacent to an activating group) is 1. The van der Waals surface area contributed by atoms with Crippen LogP contribution in [0.4, 0.5) is 4.79 Å². The van der Waals surface area contributed by atoms with Crippen LogP contribution in [-0.4, -0.2) is 48.1 Å². The van der Waals surface area contributed by atoms with Gasteiger partial charge in [-0.15, -0.1) is 0 Å². The third kappa shape index (κ3) is 5.81. The van der Waals surface area contributed by atoms with Crippen molar-refractivity contribution in [2.24, 2.45) is 5.73 Å². The molecule has 0 atom stereocenters. The zero-order valence-electron chi connectivity index (χ0n) is 7.82. The molecule has 0 rings (SSSR count). The fourth-order valence-electron chi connectivity index (χ4n) is 0.717. The molecular weight excluding hydrogens is 190 g/mol. The smallest absolute Gasteiger partial charge is 0.317 e. The van der Waals surface area contributed by atoms with E-state index in [4.69, 9.17) is 10.8 Å². The Bertz CT molecular complexity index is 241. The molecule has 14 heavy (non-hydrogen) atoms. The number of carbonyl (C=O) groups excluding carboxylic acids is 2. The van der Waals surface area contributed by atoms with Crippen LogP contribution in [0.15, 0.2) is 0 Å². The molecule has 7 heteroatoms. The molecule has 7 nitrogen and oxygen atoms in total. The van der Waals surface area contributed by atoms with Crippen LogP contribution in [0.3, 0.4) is 0 Å². The Kier molecular flexibility index (Phi) is 5.05. The van der Waals surface area contributed by atoms with Gasteiger partial charge < -0.3 is 21.1 Å². The average molecular weight is 203 g/mol. The summed E-state index contributed by atoms with van der Waals surface area (Å²) in [7, 11) is 1.39. The molecule has 0 unspecified atom stereocenters. The second-order valence-corrected chi connectivity index (χ2v) is 2.70. The van der Waals surface area contributed by atoms with Crippen molar-refractivity contribution in [1.29, 1.82) is 0 Å². The Balaban J connectivity index is 3.73. The predicted molar refractivity (Wildman–Crippen MR) is 47.5 cm³/mol. The minimum Gasteiger partial charge on any atom is -0.481 e. The molecule has 0 fully saturated rings. The molecule has 0 saturated carbocycles. The summed E-state index contributed by atoms with van der Waals surface area (Å²) in [5, 5.41) is 10.6. The number of nitrogens with zero attached hydrogens (tertiary/aromatic N) is 1. The minimum atomic E-state index is -0.997. The van der Waals surface area contributed by atoms with Gasteiger partial charge in [0.1, 0.15) is 6.54 Å². The van der Waals surface area contributed by atoms with E-state index in [0.717, 1.165) is 4.90 Å². The van der Waals surface area contributed by atoms with Crippen LogP contribution in [-0.2, 0) is 9.59 Å². The van der Waals surface area contributed by atoms with Crippen molar-refractivity contribution in [3.8, 4) is 0 Å². The molecule has 0 saturated heterocycles. The number of primary amides is 1. The summed E-state index contributed by atoms with van der Waals surface area (Å²) in [6, 6.07) is -0.523. The Labute approximate surface area is 80.9 Å².